The monoisotopic (exact) mass is 469 g/mol. The lowest BCUT2D eigenvalue weighted by Crippen LogP contribution is -2.49. The van der Waals surface area contributed by atoms with Gasteiger partial charge in [0.15, 0.2) is 0 Å². The predicted octanol–water partition coefficient (Wildman–Crippen LogP) is 3.85. The molecule has 2 aromatic carbocycles. The zero-order chi connectivity index (χ0) is 25.1. The highest BCUT2D eigenvalue weighted by molar-refractivity contribution is 5.83. The molecule has 2 rings (SSSR count). The molecule has 0 saturated heterocycles. The van der Waals surface area contributed by atoms with E-state index in [0.717, 1.165) is 11.1 Å². The molecule has 0 fully saturated rings. The van der Waals surface area contributed by atoms with Crippen LogP contribution in [0.3, 0.4) is 0 Å². The number of urea groups is 1. The van der Waals surface area contributed by atoms with Crippen molar-refractivity contribution in [3.8, 4) is 0 Å². The summed E-state index contributed by atoms with van der Waals surface area (Å²) in [7, 11) is 3.21. The molecule has 2 aromatic rings. The molecule has 1 unspecified atom stereocenters. The number of nitrogens with zero attached hydrogens (tertiary/aromatic N) is 2. The second-order valence-corrected chi connectivity index (χ2v) is 9.11. The first-order valence-electron chi connectivity index (χ1n) is 11.3. The highest BCUT2D eigenvalue weighted by atomic mass is 16.6. The van der Waals surface area contributed by atoms with Crippen molar-refractivity contribution in [3.63, 3.8) is 0 Å². The third-order valence-corrected chi connectivity index (χ3v) is 4.91. The SMILES string of the molecule is CN(CCN(C)C(=O)OC(C)(C)C)C(=O)NC(Cc1ccccc1)C(=O)OCc1ccccc1. The minimum atomic E-state index is -0.857. The quantitative estimate of drug-likeness (QED) is 0.564. The van der Waals surface area contributed by atoms with Crippen molar-refractivity contribution in [1.82, 2.24) is 15.1 Å². The second kappa shape index (κ2) is 12.6. The van der Waals surface area contributed by atoms with Gasteiger partial charge in [0, 0.05) is 33.6 Å². The maximum atomic E-state index is 12.8. The molecule has 8 nitrogen and oxygen atoms in total. The van der Waals surface area contributed by atoms with Crippen molar-refractivity contribution in [1.29, 1.82) is 0 Å². The molecule has 0 bridgehead atoms. The Morgan fingerprint density at radius 3 is 1.94 bits per heavy atom. The van der Waals surface area contributed by atoms with Gasteiger partial charge in [0.2, 0.25) is 0 Å². The summed E-state index contributed by atoms with van der Waals surface area (Å²) in [4.78, 5) is 40.6. The van der Waals surface area contributed by atoms with Crippen molar-refractivity contribution in [2.45, 2.75) is 45.4 Å². The Morgan fingerprint density at radius 2 is 1.38 bits per heavy atom. The van der Waals surface area contributed by atoms with E-state index in [1.54, 1.807) is 34.9 Å². The van der Waals surface area contributed by atoms with Crippen LogP contribution in [0.15, 0.2) is 60.7 Å². The number of esters is 1. The molecule has 0 aromatic heterocycles. The van der Waals surface area contributed by atoms with Crippen molar-refractivity contribution in [2.24, 2.45) is 0 Å². The molecule has 0 saturated carbocycles. The molecule has 1 atom stereocenters. The number of ether oxygens (including phenoxy) is 2. The van der Waals surface area contributed by atoms with Crippen LogP contribution < -0.4 is 5.32 Å². The van der Waals surface area contributed by atoms with E-state index < -0.39 is 29.7 Å². The van der Waals surface area contributed by atoms with Crippen LogP contribution in [0.1, 0.15) is 31.9 Å². The standard InChI is InChI=1S/C26H35N3O5/c1-26(2,3)34-25(32)29(5)17-16-28(4)24(31)27-22(18-20-12-8-6-9-13-20)23(30)33-19-21-14-10-7-11-15-21/h6-15,22H,16-19H2,1-5H3,(H,27,31). The third kappa shape index (κ3) is 9.52. The van der Waals surface area contributed by atoms with E-state index in [2.05, 4.69) is 5.32 Å². The Hall–Kier alpha value is -3.55. The van der Waals surface area contributed by atoms with Gasteiger partial charge in [-0.15, -0.1) is 0 Å². The number of carbonyl (C=O) groups excluding carboxylic acids is 3. The molecule has 3 amide bonds. The van der Waals surface area contributed by atoms with Crippen molar-refractivity contribution < 1.29 is 23.9 Å². The van der Waals surface area contributed by atoms with Gasteiger partial charge in [0.1, 0.15) is 18.2 Å². The normalized spacial score (nSPS) is 11.8. The summed E-state index contributed by atoms with van der Waals surface area (Å²) in [5.74, 6) is -0.514. The fraction of sp³-hybridized carbons (Fsp3) is 0.423. The van der Waals surface area contributed by atoms with Gasteiger partial charge >= 0.3 is 18.1 Å². The number of carbonyl (C=O) groups is 3. The van der Waals surface area contributed by atoms with Gasteiger partial charge in [-0.3, -0.25) is 0 Å². The maximum Gasteiger partial charge on any atom is 0.410 e. The molecule has 34 heavy (non-hydrogen) atoms. The van der Waals surface area contributed by atoms with Gasteiger partial charge in [-0.25, -0.2) is 14.4 Å². The Labute approximate surface area is 201 Å². The van der Waals surface area contributed by atoms with Gasteiger partial charge in [-0.05, 0) is 31.9 Å². The summed E-state index contributed by atoms with van der Waals surface area (Å²) in [5, 5.41) is 2.77. The molecule has 0 radical (unpaired) electrons. The Kier molecular flexibility index (Phi) is 9.92. The second-order valence-electron chi connectivity index (χ2n) is 9.11. The minimum Gasteiger partial charge on any atom is -0.459 e. The smallest absolute Gasteiger partial charge is 0.410 e. The number of amides is 3. The van der Waals surface area contributed by atoms with Crippen molar-refractivity contribution in [3.05, 3.63) is 71.8 Å². The van der Waals surface area contributed by atoms with E-state index in [1.807, 2.05) is 60.7 Å². The first-order chi connectivity index (χ1) is 16.0. The molecule has 0 aliphatic rings. The van der Waals surface area contributed by atoms with Crippen LogP contribution in [0.4, 0.5) is 9.59 Å². The van der Waals surface area contributed by atoms with Gasteiger partial charge in [-0.1, -0.05) is 60.7 Å². The largest absolute Gasteiger partial charge is 0.459 e. The fourth-order valence-corrected chi connectivity index (χ4v) is 2.96. The van der Waals surface area contributed by atoms with Crippen LogP contribution in [0.2, 0.25) is 0 Å². The predicted molar refractivity (Wildman–Crippen MR) is 130 cm³/mol. The molecule has 8 heteroatoms. The van der Waals surface area contributed by atoms with Crippen molar-refractivity contribution >= 4 is 18.1 Å². The van der Waals surface area contributed by atoms with Crippen LogP contribution in [0, 0.1) is 0 Å². The molecule has 0 spiro atoms. The first kappa shape index (κ1) is 26.7. The van der Waals surface area contributed by atoms with Gasteiger partial charge in [0.05, 0.1) is 0 Å². The summed E-state index contributed by atoms with van der Waals surface area (Å²) < 4.78 is 10.8. The van der Waals surface area contributed by atoms with Crippen LogP contribution in [0.5, 0.6) is 0 Å². The van der Waals surface area contributed by atoms with Gasteiger partial charge < -0.3 is 24.6 Å². The topological polar surface area (TPSA) is 88.2 Å². The summed E-state index contributed by atoms with van der Waals surface area (Å²) in [5.41, 5.74) is 1.17. The summed E-state index contributed by atoms with van der Waals surface area (Å²) >= 11 is 0. The lowest BCUT2D eigenvalue weighted by Gasteiger charge is -2.27. The van der Waals surface area contributed by atoms with Crippen LogP contribution in [-0.2, 0) is 27.3 Å². The number of benzene rings is 2. The van der Waals surface area contributed by atoms with E-state index in [9.17, 15) is 14.4 Å². The number of rotatable bonds is 9. The average molecular weight is 470 g/mol. The molecule has 1 N–H and O–H groups in total. The van der Waals surface area contributed by atoms with E-state index in [0.29, 0.717) is 6.42 Å². The lowest BCUT2D eigenvalue weighted by atomic mass is 10.1. The highest BCUT2D eigenvalue weighted by Gasteiger charge is 2.25. The number of likely N-dealkylation sites (N-methyl/N-ethyl adjacent to an activating group) is 2. The fourth-order valence-electron chi connectivity index (χ4n) is 2.96. The Bertz CT molecular complexity index is 928. The molecular formula is C26H35N3O5. The summed E-state index contributed by atoms with van der Waals surface area (Å²) in [6.07, 6.45) is -0.168. The molecule has 0 aliphatic carbocycles. The van der Waals surface area contributed by atoms with E-state index in [4.69, 9.17) is 9.47 Å². The zero-order valence-electron chi connectivity index (χ0n) is 20.6. The molecule has 0 heterocycles. The van der Waals surface area contributed by atoms with E-state index >= 15 is 0 Å². The molecule has 184 valence electrons. The highest BCUT2D eigenvalue weighted by Crippen LogP contribution is 2.10. The number of nitrogens with one attached hydrogen (secondary N) is 1. The van der Waals surface area contributed by atoms with E-state index in [1.165, 1.54) is 9.80 Å². The van der Waals surface area contributed by atoms with Crippen LogP contribution in [-0.4, -0.2) is 66.7 Å². The zero-order valence-corrected chi connectivity index (χ0v) is 20.6. The van der Waals surface area contributed by atoms with Crippen LogP contribution >= 0.6 is 0 Å². The molecular weight excluding hydrogens is 434 g/mol. The lowest BCUT2D eigenvalue weighted by molar-refractivity contribution is -0.147. The summed E-state index contributed by atoms with van der Waals surface area (Å²) in [6, 6.07) is 17.5. The van der Waals surface area contributed by atoms with Gasteiger partial charge in [0.25, 0.3) is 0 Å². The maximum absolute atomic E-state index is 12.8. The van der Waals surface area contributed by atoms with Crippen molar-refractivity contribution in [2.75, 3.05) is 27.2 Å². The summed E-state index contributed by atoms with van der Waals surface area (Å²) in [6.45, 7) is 6.04. The minimum absolute atomic E-state index is 0.122. The number of hydrogen-bond donors (Lipinski definition) is 1. The Morgan fingerprint density at radius 1 is 0.853 bits per heavy atom. The number of hydrogen-bond acceptors (Lipinski definition) is 5. The van der Waals surface area contributed by atoms with Crippen LogP contribution in [0.25, 0.3) is 0 Å². The third-order valence-electron chi connectivity index (χ3n) is 4.91. The first-order valence-corrected chi connectivity index (χ1v) is 11.3. The molecule has 0 aliphatic heterocycles. The Balaban J connectivity index is 1.96. The van der Waals surface area contributed by atoms with E-state index in [-0.39, 0.29) is 19.7 Å². The average Bonchev–Trinajstić information content (AvgIpc) is 2.80. The van der Waals surface area contributed by atoms with Gasteiger partial charge in [-0.2, -0.15) is 0 Å².